The average Bonchev–Trinajstić information content (AvgIpc) is 2.42. The van der Waals surface area contributed by atoms with E-state index in [4.69, 9.17) is 0 Å². The van der Waals surface area contributed by atoms with Gasteiger partial charge in [-0.2, -0.15) is 0 Å². The number of anilines is 1. The molecule has 0 aliphatic carbocycles. The Hall–Kier alpha value is -2.29. The third kappa shape index (κ3) is 3.58. The van der Waals surface area contributed by atoms with E-state index in [1.807, 2.05) is 37.3 Å². The molecule has 1 atom stereocenters. The highest BCUT2D eigenvalue weighted by Gasteiger charge is 2.14. The van der Waals surface area contributed by atoms with Crippen molar-refractivity contribution in [3.05, 3.63) is 60.2 Å². The van der Waals surface area contributed by atoms with E-state index in [2.05, 4.69) is 5.32 Å². The highest BCUT2D eigenvalue weighted by Crippen LogP contribution is 2.22. The molecule has 98 valence electrons. The summed E-state index contributed by atoms with van der Waals surface area (Å²) in [7, 11) is 0. The number of carbonyl (C=O) groups excluding carboxylic acids is 1. The number of hydrogen-bond acceptors (Lipinski definition) is 2. The van der Waals surface area contributed by atoms with Gasteiger partial charge in [0.1, 0.15) is 5.75 Å². The molecule has 0 heterocycles. The van der Waals surface area contributed by atoms with Crippen LogP contribution in [0.3, 0.4) is 0 Å². The van der Waals surface area contributed by atoms with Crippen LogP contribution in [0.2, 0.25) is 0 Å². The van der Waals surface area contributed by atoms with E-state index in [1.54, 1.807) is 24.3 Å². The fourth-order valence-electron chi connectivity index (χ4n) is 1.90. The fraction of sp³-hybridized carbons (Fsp3) is 0.188. The first-order chi connectivity index (χ1) is 9.16. The van der Waals surface area contributed by atoms with Crippen molar-refractivity contribution in [2.24, 2.45) is 5.92 Å². The minimum absolute atomic E-state index is 0.0859. The number of benzene rings is 2. The Kier molecular flexibility index (Phi) is 4.18. The van der Waals surface area contributed by atoms with Crippen LogP contribution < -0.4 is 5.32 Å². The predicted octanol–water partition coefficient (Wildman–Crippen LogP) is 3.21. The first-order valence-corrected chi connectivity index (χ1v) is 6.29. The molecule has 2 aromatic rings. The van der Waals surface area contributed by atoms with Crippen molar-refractivity contribution >= 4 is 11.6 Å². The quantitative estimate of drug-likeness (QED) is 0.824. The van der Waals surface area contributed by atoms with Gasteiger partial charge in [-0.1, -0.05) is 49.4 Å². The maximum absolute atomic E-state index is 12.0. The average molecular weight is 255 g/mol. The Morgan fingerprint density at radius 3 is 2.42 bits per heavy atom. The zero-order chi connectivity index (χ0) is 13.7. The molecule has 19 heavy (non-hydrogen) atoms. The van der Waals surface area contributed by atoms with E-state index in [1.165, 1.54) is 0 Å². The van der Waals surface area contributed by atoms with Crippen LogP contribution >= 0.6 is 0 Å². The highest BCUT2D eigenvalue weighted by molar-refractivity contribution is 5.93. The molecule has 3 heteroatoms. The van der Waals surface area contributed by atoms with Gasteiger partial charge in [-0.25, -0.2) is 0 Å². The number of phenols is 1. The van der Waals surface area contributed by atoms with Crippen molar-refractivity contribution in [1.82, 2.24) is 0 Å². The second-order valence-electron chi connectivity index (χ2n) is 4.60. The van der Waals surface area contributed by atoms with Gasteiger partial charge in [0.15, 0.2) is 0 Å². The summed E-state index contributed by atoms with van der Waals surface area (Å²) in [6.07, 6.45) is 0.681. The summed E-state index contributed by atoms with van der Waals surface area (Å²) in [4.78, 5) is 12.0. The van der Waals surface area contributed by atoms with Crippen molar-refractivity contribution in [1.29, 1.82) is 0 Å². The molecule has 0 spiro atoms. The normalized spacial score (nSPS) is 11.8. The van der Waals surface area contributed by atoms with Gasteiger partial charge < -0.3 is 10.4 Å². The van der Waals surface area contributed by atoms with Crippen LogP contribution in [-0.2, 0) is 11.2 Å². The minimum Gasteiger partial charge on any atom is -0.506 e. The van der Waals surface area contributed by atoms with Gasteiger partial charge in [-0.3, -0.25) is 4.79 Å². The molecule has 1 amide bonds. The third-order valence-corrected chi connectivity index (χ3v) is 2.99. The number of amides is 1. The number of para-hydroxylation sites is 2. The number of nitrogens with one attached hydrogen (secondary N) is 1. The summed E-state index contributed by atoms with van der Waals surface area (Å²) in [5, 5.41) is 12.4. The van der Waals surface area contributed by atoms with Crippen LogP contribution in [0.15, 0.2) is 54.6 Å². The van der Waals surface area contributed by atoms with Crippen LogP contribution in [0, 0.1) is 5.92 Å². The molecule has 0 fully saturated rings. The molecule has 2 aromatic carbocycles. The van der Waals surface area contributed by atoms with Crippen molar-refractivity contribution in [2.75, 3.05) is 5.32 Å². The monoisotopic (exact) mass is 255 g/mol. The van der Waals surface area contributed by atoms with Gasteiger partial charge in [-0.05, 0) is 24.1 Å². The third-order valence-electron chi connectivity index (χ3n) is 2.99. The van der Waals surface area contributed by atoms with Gasteiger partial charge >= 0.3 is 0 Å². The highest BCUT2D eigenvalue weighted by atomic mass is 16.3. The summed E-state index contributed by atoms with van der Waals surface area (Å²) >= 11 is 0. The Morgan fingerprint density at radius 1 is 1.11 bits per heavy atom. The molecule has 1 unspecified atom stereocenters. The number of aromatic hydroxyl groups is 1. The molecular weight excluding hydrogens is 238 g/mol. The largest absolute Gasteiger partial charge is 0.506 e. The second kappa shape index (κ2) is 6.05. The maximum atomic E-state index is 12.0. The summed E-state index contributed by atoms with van der Waals surface area (Å²) in [6.45, 7) is 1.88. The lowest BCUT2D eigenvalue weighted by atomic mass is 10.0. The van der Waals surface area contributed by atoms with Crippen molar-refractivity contribution in [2.45, 2.75) is 13.3 Å². The number of carbonyl (C=O) groups is 1. The molecule has 2 rings (SSSR count). The Bertz CT molecular complexity index is 552. The first kappa shape index (κ1) is 13.1. The molecule has 0 saturated heterocycles. The molecule has 0 aliphatic rings. The molecule has 0 aromatic heterocycles. The molecule has 2 N–H and O–H groups in total. The SMILES string of the molecule is CC(Cc1ccccc1)C(=O)Nc1ccccc1O. The summed E-state index contributed by atoms with van der Waals surface area (Å²) in [5.74, 6) is -0.157. The lowest BCUT2D eigenvalue weighted by Crippen LogP contribution is -2.22. The van der Waals surface area contributed by atoms with Gasteiger partial charge in [0.25, 0.3) is 0 Å². The molecule has 3 nitrogen and oxygen atoms in total. The van der Waals surface area contributed by atoms with E-state index in [0.717, 1.165) is 5.56 Å². The molecule has 0 bridgehead atoms. The van der Waals surface area contributed by atoms with E-state index in [-0.39, 0.29) is 17.6 Å². The summed E-state index contributed by atoms with van der Waals surface area (Å²) in [6, 6.07) is 16.6. The molecular formula is C16H17NO2. The summed E-state index contributed by atoms with van der Waals surface area (Å²) in [5.41, 5.74) is 1.58. The molecule has 0 radical (unpaired) electrons. The molecule has 0 aliphatic heterocycles. The lowest BCUT2D eigenvalue weighted by Gasteiger charge is -2.13. The van der Waals surface area contributed by atoms with Crippen molar-refractivity contribution in [3.8, 4) is 5.75 Å². The van der Waals surface area contributed by atoms with Crippen LogP contribution in [0.5, 0.6) is 5.75 Å². The lowest BCUT2D eigenvalue weighted by molar-refractivity contribution is -0.119. The van der Waals surface area contributed by atoms with E-state index < -0.39 is 0 Å². The zero-order valence-corrected chi connectivity index (χ0v) is 10.8. The van der Waals surface area contributed by atoms with Gasteiger partial charge in [0, 0.05) is 5.92 Å². The fourth-order valence-corrected chi connectivity index (χ4v) is 1.90. The van der Waals surface area contributed by atoms with Crippen LogP contribution in [0.1, 0.15) is 12.5 Å². The van der Waals surface area contributed by atoms with Gasteiger partial charge in [-0.15, -0.1) is 0 Å². The first-order valence-electron chi connectivity index (χ1n) is 6.29. The van der Waals surface area contributed by atoms with Gasteiger partial charge in [0.05, 0.1) is 5.69 Å². The maximum Gasteiger partial charge on any atom is 0.227 e. The second-order valence-corrected chi connectivity index (χ2v) is 4.60. The number of phenolic OH excluding ortho intramolecular Hbond substituents is 1. The van der Waals surface area contributed by atoms with Crippen LogP contribution in [-0.4, -0.2) is 11.0 Å². The van der Waals surface area contributed by atoms with E-state index in [9.17, 15) is 9.90 Å². The summed E-state index contributed by atoms with van der Waals surface area (Å²) < 4.78 is 0. The Balaban J connectivity index is 1.99. The topological polar surface area (TPSA) is 49.3 Å². The predicted molar refractivity (Wildman–Crippen MR) is 76.0 cm³/mol. The number of hydrogen-bond donors (Lipinski definition) is 2. The van der Waals surface area contributed by atoms with Crippen molar-refractivity contribution in [3.63, 3.8) is 0 Å². The zero-order valence-electron chi connectivity index (χ0n) is 10.8. The van der Waals surface area contributed by atoms with Crippen LogP contribution in [0.4, 0.5) is 5.69 Å². The van der Waals surface area contributed by atoms with E-state index >= 15 is 0 Å². The van der Waals surface area contributed by atoms with Crippen molar-refractivity contribution < 1.29 is 9.90 Å². The minimum atomic E-state index is -0.151. The smallest absolute Gasteiger partial charge is 0.227 e. The Labute approximate surface area is 112 Å². The molecule has 0 saturated carbocycles. The van der Waals surface area contributed by atoms with Gasteiger partial charge in [0.2, 0.25) is 5.91 Å². The van der Waals surface area contributed by atoms with Crippen LogP contribution in [0.25, 0.3) is 0 Å². The Morgan fingerprint density at radius 2 is 1.74 bits per heavy atom. The number of rotatable bonds is 4. The van der Waals surface area contributed by atoms with E-state index in [0.29, 0.717) is 12.1 Å². The standard InChI is InChI=1S/C16H17NO2/c1-12(11-13-7-3-2-4-8-13)16(19)17-14-9-5-6-10-15(14)18/h2-10,12,18H,11H2,1H3,(H,17,19).